The molecule has 0 unspecified atom stereocenters. The summed E-state index contributed by atoms with van der Waals surface area (Å²) >= 11 is 12.1. The number of hydrogen-bond donors (Lipinski definition) is 1. The first-order valence-electron chi connectivity index (χ1n) is 8.46. The summed E-state index contributed by atoms with van der Waals surface area (Å²) in [6.45, 7) is 4.50. The Hall–Kier alpha value is -2.04. The van der Waals surface area contributed by atoms with Crippen LogP contribution in [0, 0.1) is 0 Å². The van der Waals surface area contributed by atoms with E-state index in [1.54, 1.807) is 35.2 Å². The molecule has 2 aromatic rings. The van der Waals surface area contributed by atoms with Gasteiger partial charge < -0.3 is 10.2 Å². The van der Waals surface area contributed by atoms with Crippen LogP contribution in [0.15, 0.2) is 42.5 Å². The highest BCUT2D eigenvalue weighted by molar-refractivity contribution is 6.42. The summed E-state index contributed by atoms with van der Waals surface area (Å²) < 4.78 is 0. The van der Waals surface area contributed by atoms with Gasteiger partial charge in [-0.05, 0) is 56.2 Å². The molecule has 1 saturated heterocycles. The summed E-state index contributed by atoms with van der Waals surface area (Å²) in [6, 6.07) is 12.4. The van der Waals surface area contributed by atoms with E-state index in [-0.39, 0.29) is 11.8 Å². The molecule has 0 bridgehead atoms. The fourth-order valence-corrected chi connectivity index (χ4v) is 3.35. The predicted octanol–water partition coefficient (Wildman–Crippen LogP) is 4.79. The summed E-state index contributed by atoms with van der Waals surface area (Å²) in [5.41, 5.74) is 1.49. The van der Waals surface area contributed by atoms with E-state index >= 15 is 0 Å². The van der Waals surface area contributed by atoms with E-state index in [2.05, 4.69) is 5.32 Å². The maximum atomic E-state index is 12.8. The molecule has 6 heteroatoms. The lowest BCUT2D eigenvalue weighted by atomic mass is 9.94. The van der Waals surface area contributed by atoms with Gasteiger partial charge in [0.1, 0.15) is 0 Å². The lowest BCUT2D eigenvalue weighted by molar-refractivity contribution is -0.117. The Morgan fingerprint density at radius 1 is 1.12 bits per heavy atom. The first-order valence-corrected chi connectivity index (χ1v) is 9.22. The Morgan fingerprint density at radius 2 is 1.88 bits per heavy atom. The molecule has 0 atom stereocenters. The molecule has 0 saturated carbocycles. The lowest BCUT2D eigenvalue weighted by Gasteiger charge is -2.27. The zero-order chi connectivity index (χ0) is 18.9. The highest BCUT2D eigenvalue weighted by atomic mass is 35.5. The van der Waals surface area contributed by atoms with Gasteiger partial charge in [-0.3, -0.25) is 9.59 Å². The summed E-state index contributed by atoms with van der Waals surface area (Å²) in [5, 5.41) is 3.94. The quantitative estimate of drug-likeness (QED) is 0.815. The van der Waals surface area contributed by atoms with Crippen LogP contribution in [0.3, 0.4) is 0 Å². The zero-order valence-corrected chi connectivity index (χ0v) is 16.2. The summed E-state index contributed by atoms with van der Waals surface area (Å²) in [7, 11) is 0. The van der Waals surface area contributed by atoms with Crippen LogP contribution in [0.5, 0.6) is 0 Å². The summed E-state index contributed by atoms with van der Waals surface area (Å²) in [4.78, 5) is 26.4. The van der Waals surface area contributed by atoms with Crippen molar-refractivity contribution in [2.24, 2.45) is 0 Å². The number of carbonyl (C=O) groups excluding carboxylic acids is 2. The number of hydrogen-bond acceptors (Lipinski definition) is 2. The van der Waals surface area contributed by atoms with Gasteiger partial charge in [0.15, 0.2) is 0 Å². The average molecular weight is 391 g/mol. The minimum Gasteiger partial charge on any atom is -0.343 e. The number of amides is 2. The van der Waals surface area contributed by atoms with Gasteiger partial charge in [0.2, 0.25) is 5.91 Å². The van der Waals surface area contributed by atoms with Crippen molar-refractivity contribution in [1.82, 2.24) is 5.32 Å². The van der Waals surface area contributed by atoms with E-state index in [0.717, 1.165) is 17.7 Å². The standard InChI is InChI=1S/C20H20Cl2N2O2/c1-20(2,14-8-9-16(21)17(22)12-14)23-19(26)13-5-3-6-15(11-13)24-10-4-7-18(24)25/h3,5-6,8-9,11-12H,4,7,10H2,1-2H3,(H,23,26). The molecule has 0 aliphatic carbocycles. The third-order valence-electron chi connectivity index (χ3n) is 4.56. The van der Waals surface area contributed by atoms with Crippen LogP contribution >= 0.6 is 23.2 Å². The van der Waals surface area contributed by atoms with Crippen molar-refractivity contribution in [3.05, 3.63) is 63.6 Å². The van der Waals surface area contributed by atoms with Crippen LogP contribution in [-0.2, 0) is 10.3 Å². The third kappa shape index (κ3) is 3.87. The lowest BCUT2D eigenvalue weighted by Crippen LogP contribution is -2.41. The van der Waals surface area contributed by atoms with Crippen molar-refractivity contribution in [3.63, 3.8) is 0 Å². The van der Waals surface area contributed by atoms with E-state index in [1.165, 1.54) is 0 Å². The van der Waals surface area contributed by atoms with Crippen LogP contribution in [0.25, 0.3) is 0 Å². The Kier molecular flexibility index (Phi) is 5.26. The van der Waals surface area contributed by atoms with Crippen molar-refractivity contribution in [3.8, 4) is 0 Å². The van der Waals surface area contributed by atoms with Crippen LogP contribution in [0.1, 0.15) is 42.6 Å². The summed E-state index contributed by atoms with van der Waals surface area (Å²) in [6.07, 6.45) is 1.40. The highest BCUT2D eigenvalue weighted by Gasteiger charge is 2.26. The fourth-order valence-electron chi connectivity index (χ4n) is 3.05. The Morgan fingerprint density at radius 3 is 2.54 bits per heavy atom. The van der Waals surface area contributed by atoms with Gasteiger partial charge in [-0.2, -0.15) is 0 Å². The first-order chi connectivity index (χ1) is 12.3. The molecular weight excluding hydrogens is 371 g/mol. The van der Waals surface area contributed by atoms with Crippen LogP contribution < -0.4 is 10.2 Å². The second kappa shape index (κ2) is 7.29. The van der Waals surface area contributed by atoms with Crippen LogP contribution in [0.2, 0.25) is 10.0 Å². The van der Waals surface area contributed by atoms with E-state index in [0.29, 0.717) is 28.6 Å². The molecule has 0 aromatic heterocycles. The van der Waals surface area contributed by atoms with E-state index in [4.69, 9.17) is 23.2 Å². The highest BCUT2D eigenvalue weighted by Crippen LogP contribution is 2.29. The maximum Gasteiger partial charge on any atom is 0.252 e. The Labute approximate surface area is 163 Å². The summed E-state index contributed by atoms with van der Waals surface area (Å²) in [5.74, 6) is -0.117. The molecule has 1 N–H and O–H groups in total. The second-order valence-corrected chi connectivity index (χ2v) is 7.72. The number of halogens is 2. The molecular formula is C20H20Cl2N2O2. The van der Waals surface area contributed by atoms with Crippen molar-refractivity contribution >= 4 is 40.7 Å². The Balaban J connectivity index is 1.80. The number of nitrogens with one attached hydrogen (secondary N) is 1. The van der Waals surface area contributed by atoms with Gasteiger partial charge in [-0.1, -0.05) is 35.3 Å². The van der Waals surface area contributed by atoms with Gasteiger partial charge >= 0.3 is 0 Å². The molecule has 1 aliphatic heterocycles. The van der Waals surface area contributed by atoms with Gasteiger partial charge in [0.05, 0.1) is 15.6 Å². The van der Waals surface area contributed by atoms with E-state index in [1.807, 2.05) is 26.0 Å². The monoisotopic (exact) mass is 390 g/mol. The molecule has 26 heavy (non-hydrogen) atoms. The number of rotatable bonds is 4. The van der Waals surface area contributed by atoms with E-state index in [9.17, 15) is 9.59 Å². The van der Waals surface area contributed by atoms with Crippen molar-refractivity contribution < 1.29 is 9.59 Å². The van der Waals surface area contributed by atoms with Crippen molar-refractivity contribution in [1.29, 1.82) is 0 Å². The fraction of sp³-hybridized carbons (Fsp3) is 0.300. The van der Waals surface area contributed by atoms with Crippen LogP contribution in [-0.4, -0.2) is 18.4 Å². The number of carbonyl (C=O) groups is 2. The van der Waals surface area contributed by atoms with Gasteiger partial charge in [0.25, 0.3) is 5.91 Å². The Bertz CT molecular complexity index is 865. The minimum atomic E-state index is -0.634. The smallest absolute Gasteiger partial charge is 0.252 e. The number of benzene rings is 2. The largest absolute Gasteiger partial charge is 0.343 e. The maximum absolute atomic E-state index is 12.8. The SMILES string of the molecule is CC(C)(NC(=O)c1cccc(N2CCCC2=O)c1)c1ccc(Cl)c(Cl)c1. The molecule has 1 aliphatic rings. The number of anilines is 1. The minimum absolute atomic E-state index is 0.0960. The molecule has 0 radical (unpaired) electrons. The third-order valence-corrected chi connectivity index (χ3v) is 5.30. The molecule has 3 rings (SSSR count). The van der Waals surface area contributed by atoms with Gasteiger partial charge in [-0.25, -0.2) is 0 Å². The second-order valence-electron chi connectivity index (χ2n) is 6.91. The first kappa shape index (κ1) is 18.7. The van der Waals surface area contributed by atoms with Crippen molar-refractivity contribution in [2.45, 2.75) is 32.2 Å². The topological polar surface area (TPSA) is 49.4 Å². The van der Waals surface area contributed by atoms with E-state index < -0.39 is 5.54 Å². The molecule has 2 aromatic carbocycles. The zero-order valence-electron chi connectivity index (χ0n) is 14.7. The van der Waals surface area contributed by atoms with Gasteiger partial charge in [-0.15, -0.1) is 0 Å². The number of nitrogens with zero attached hydrogens (tertiary/aromatic N) is 1. The molecule has 136 valence electrons. The molecule has 4 nitrogen and oxygen atoms in total. The molecule has 1 heterocycles. The molecule has 2 amide bonds. The van der Waals surface area contributed by atoms with Crippen molar-refractivity contribution in [2.75, 3.05) is 11.4 Å². The predicted molar refractivity (Wildman–Crippen MR) is 105 cm³/mol. The van der Waals surface area contributed by atoms with Gasteiger partial charge in [0, 0.05) is 24.2 Å². The molecule has 1 fully saturated rings. The average Bonchev–Trinajstić information content (AvgIpc) is 3.03. The van der Waals surface area contributed by atoms with Crippen LogP contribution in [0.4, 0.5) is 5.69 Å². The normalized spacial score (nSPS) is 14.6. The molecule has 0 spiro atoms.